The van der Waals surface area contributed by atoms with Crippen molar-refractivity contribution in [2.24, 2.45) is 0 Å². The number of carbonyl (C=O) groups excluding carboxylic acids is 1. The summed E-state index contributed by atoms with van der Waals surface area (Å²) >= 11 is 5.97. The molecule has 124 valence electrons. The molecule has 2 unspecified atom stereocenters. The molecule has 1 aromatic carbocycles. The van der Waals surface area contributed by atoms with Crippen molar-refractivity contribution in [2.45, 2.75) is 46.2 Å². The first-order chi connectivity index (χ1) is 10.5. The molecule has 0 bridgehead atoms. The van der Waals surface area contributed by atoms with Crippen LogP contribution < -0.4 is 10.6 Å². The average Bonchev–Trinajstić information content (AvgIpc) is 2.52. The molecule has 0 aliphatic carbocycles. The van der Waals surface area contributed by atoms with E-state index in [0.717, 1.165) is 30.1 Å². The van der Waals surface area contributed by atoms with Crippen LogP contribution in [0.25, 0.3) is 0 Å². The fourth-order valence-electron chi connectivity index (χ4n) is 2.37. The Balaban J connectivity index is 2.74. The molecule has 0 heterocycles. The van der Waals surface area contributed by atoms with E-state index in [4.69, 9.17) is 11.6 Å². The lowest BCUT2D eigenvalue weighted by Gasteiger charge is -2.30. The smallest absolute Gasteiger partial charge is 0.315 e. The third kappa shape index (κ3) is 5.85. The third-order valence-electron chi connectivity index (χ3n) is 3.95. The monoisotopic (exact) mass is 325 g/mol. The predicted molar refractivity (Wildman–Crippen MR) is 93.4 cm³/mol. The van der Waals surface area contributed by atoms with E-state index in [1.54, 1.807) is 0 Å². The van der Waals surface area contributed by atoms with Gasteiger partial charge < -0.3 is 10.6 Å². The van der Waals surface area contributed by atoms with Gasteiger partial charge in [0.2, 0.25) is 0 Å². The van der Waals surface area contributed by atoms with Crippen molar-refractivity contribution in [1.29, 1.82) is 0 Å². The number of benzene rings is 1. The molecule has 2 amide bonds. The topological polar surface area (TPSA) is 44.4 Å². The van der Waals surface area contributed by atoms with E-state index in [2.05, 4.69) is 36.3 Å². The first kappa shape index (κ1) is 18.8. The van der Waals surface area contributed by atoms with Gasteiger partial charge in [0.1, 0.15) is 0 Å². The third-order valence-corrected chi connectivity index (χ3v) is 4.21. The zero-order valence-electron chi connectivity index (χ0n) is 14.0. The van der Waals surface area contributed by atoms with Crippen LogP contribution >= 0.6 is 11.6 Å². The van der Waals surface area contributed by atoms with Gasteiger partial charge in [-0.25, -0.2) is 4.79 Å². The van der Waals surface area contributed by atoms with Gasteiger partial charge in [0.25, 0.3) is 0 Å². The number of urea groups is 1. The lowest BCUT2D eigenvalue weighted by atomic mass is 10.1. The van der Waals surface area contributed by atoms with E-state index in [1.807, 2.05) is 31.2 Å². The first-order valence-electron chi connectivity index (χ1n) is 8.05. The van der Waals surface area contributed by atoms with Gasteiger partial charge in [-0.3, -0.25) is 4.90 Å². The molecule has 0 aliphatic heterocycles. The fraction of sp³-hybridized carbons (Fsp3) is 0.588. The molecule has 0 aliphatic rings. The minimum Gasteiger partial charge on any atom is -0.336 e. The van der Waals surface area contributed by atoms with Crippen LogP contribution in [-0.2, 0) is 0 Å². The van der Waals surface area contributed by atoms with Crippen LogP contribution in [0.1, 0.15) is 45.7 Å². The zero-order valence-corrected chi connectivity index (χ0v) is 14.8. The molecule has 2 N–H and O–H groups in total. The number of hydrogen-bond donors (Lipinski definition) is 2. The van der Waals surface area contributed by atoms with Gasteiger partial charge in [-0.15, -0.1) is 0 Å². The Bertz CT molecular complexity index is 446. The standard InChI is InChI=1S/C17H28ClN3O/c1-5-13(4)20-17(22)19-12-16(21(6-2)7-3)14-8-10-15(18)11-9-14/h8-11,13,16H,5-7,12H2,1-4H3,(H2,19,20,22). The number of nitrogens with zero attached hydrogens (tertiary/aromatic N) is 1. The maximum atomic E-state index is 11.9. The molecule has 4 nitrogen and oxygen atoms in total. The molecule has 0 saturated carbocycles. The highest BCUT2D eigenvalue weighted by atomic mass is 35.5. The lowest BCUT2D eigenvalue weighted by molar-refractivity contribution is 0.205. The van der Waals surface area contributed by atoms with Crippen LogP contribution in [0.3, 0.4) is 0 Å². The zero-order chi connectivity index (χ0) is 16.5. The molecule has 1 rings (SSSR count). The van der Waals surface area contributed by atoms with Gasteiger partial charge in [-0.2, -0.15) is 0 Å². The summed E-state index contributed by atoms with van der Waals surface area (Å²) in [6, 6.07) is 8.07. The van der Waals surface area contributed by atoms with E-state index in [1.165, 1.54) is 0 Å². The minimum atomic E-state index is -0.111. The van der Waals surface area contributed by atoms with Gasteiger partial charge in [0.15, 0.2) is 0 Å². The van der Waals surface area contributed by atoms with Gasteiger partial charge in [-0.05, 0) is 44.1 Å². The summed E-state index contributed by atoms with van der Waals surface area (Å²) in [5.74, 6) is 0. The number of nitrogens with one attached hydrogen (secondary N) is 2. The maximum absolute atomic E-state index is 11.9. The Labute approximate surface area is 139 Å². The molecule has 2 atom stereocenters. The second-order valence-corrected chi connectivity index (χ2v) is 5.89. The summed E-state index contributed by atoms with van der Waals surface area (Å²) < 4.78 is 0. The minimum absolute atomic E-state index is 0.111. The fourth-order valence-corrected chi connectivity index (χ4v) is 2.50. The first-order valence-corrected chi connectivity index (χ1v) is 8.43. The predicted octanol–water partition coefficient (Wildman–Crippen LogP) is 3.82. The summed E-state index contributed by atoms with van der Waals surface area (Å²) in [4.78, 5) is 14.3. The van der Waals surface area contributed by atoms with Crippen LogP contribution in [-0.4, -0.2) is 36.6 Å². The Morgan fingerprint density at radius 3 is 2.27 bits per heavy atom. The molecule has 0 radical (unpaired) electrons. The number of carbonyl (C=O) groups is 1. The number of likely N-dealkylation sites (N-methyl/N-ethyl adjacent to an activating group) is 1. The van der Waals surface area contributed by atoms with Crippen LogP contribution in [0.5, 0.6) is 0 Å². The van der Waals surface area contributed by atoms with Crippen molar-refractivity contribution >= 4 is 17.6 Å². The summed E-state index contributed by atoms with van der Waals surface area (Å²) in [5, 5.41) is 6.64. The van der Waals surface area contributed by atoms with E-state index < -0.39 is 0 Å². The van der Waals surface area contributed by atoms with Gasteiger partial charge >= 0.3 is 6.03 Å². The Morgan fingerprint density at radius 2 is 1.77 bits per heavy atom. The van der Waals surface area contributed by atoms with Crippen LogP contribution in [0, 0.1) is 0 Å². The molecular formula is C17H28ClN3O. The number of halogens is 1. The Hall–Kier alpha value is -1.26. The van der Waals surface area contributed by atoms with Crippen LogP contribution in [0.15, 0.2) is 24.3 Å². The number of amides is 2. The quantitative estimate of drug-likeness (QED) is 0.763. The van der Waals surface area contributed by atoms with Gasteiger partial charge in [0.05, 0.1) is 6.04 Å². The van der Waals surface area contributed by atoms with Crippen molar-refractivity contribution in [3.8, 4) is 0 Å². The SMILES string of the molecule is CCC(C)NC(=O)NCC(c1ccc(Cl)cc1)N(CC)CC. The molecule has 0 fully saturated rings. The van der Waals surface area contributed by atoms with Crippen LogP contribution in [0.2, 0.25) is 5.02 Å². The van der Waals surface area contributed by atoms with Gasteiger partial charge in [-0.1, -0.05) is 44.5 Å². The largest absolute Gasteiger partial charge is 0.336 e. The average molecular weight is 326 g/mol. The van der Waals surface area contributed by atoms with E-state index in [0.29, 0.717) is 6.54 Å². The second-order valence-electron chi connectivity index (χ2n) is 5.45. The highest BCUT2D eigenvalue weighted by molar-refractivity contribution is 6.30. The van der Waals surface area contributed by atoms with E-state index in [9.17, 15) is 4.79 Å². The summed E-state index contributed by atoms with van der Waals surface area (Å²) in [5.41, 5.74) is 1.16. The molecule has 22 heavy (non-hydrogen) atoms. The normalized spacial score (nSPS) is 13.7. The van der Waals surface area contributed by atoms with Crippen molar-refractivity contribution < 1.29 is 4.79 Å². The lowest BCUT2D eigenvalue weighted by Crippen LogP contribution is -2.44. The van der Waals surface area contributed by atoms with E-state index in [-0.39, 0.29) is 18.1 Å². The molecule has 0 aromatic heterocycles. The number of rotatable bonds is 8. The van der Waals surface area contributed by atoms with Crippen molar-refractivity contribution in [2.75, 3.05) is 19.6 Å². The van der Waals surface area contributed by atoms with Crippen molar-refractivity contribution in [1.82, 2.24) is 15.5 Å². The molecule has 0 saturated heterocycles. The number of hydrogen-bond acceptors (Lipinski definition) is 2. The van der Waals surface area contributed by atoms with E-state index >= 15 is 0 Å². The summed E-state index contributed by atoms with van der Waals surface area (Å²) in [6.07, 6.45) is 0.921. The van der Waals surface area contributed by atoms with Crippen molar-refractivity contribution in [3.05, 3.63) is 34.9 Å². The van der Waals surface area contributed by atoms with Crippen LogP contribution in [0.4, 0.5) is 4.79 Å². The van der Waals surface area contributed by atoms with Gasteiger partial charge in [0, 0.05) is 17.6 Å². The molecule has 5 heteroatoms. The molecular weight excluding hydrogens is 298 g/mol. The Kier molecular flexibility index (Phi) is 8.28. The Morgan fingerprint density at radius 1 is 1.18 bits per heavy atom. The van der Waals surface area contributed by atoms with Crippen molar-refractivity contribution in [3.63, 3.8) is 0 Å². The molecule has 1 aromatic rings. The summed E-state index contributed by atoms with van der Waals surface area (Å²) in [6.45, 7) is 10.7. The highest BCUT2D eigenvalue weighted by Gasteiger charge is 2.19. The second kappa shape index (κ2) is 9.70. The maximum Gasteiger partial charge on any atom is 0.315 e. The highest BCUT2D eigenvalue weighted by Crippen LogP contribution is 2.21. The summed E-state index contributed by atoms with van der Waals surface area (Å²) in [7, 11) is 0. The molecule has 0 spiro atoms.